The first-order valence-corrected chi connectivity index (χ1v) is 19.4. The first-order valence-electron chi connectivity index (χ1n) is 14.7. The van der Waals surface area contributed by atoms with Gasteiger partial charge in [0.15, 0.2) is 20.8 Å². The number of hydrogen-bond donors (Lipinski definition) is 1. The lowest BCUT2D eigenvalue weighted by atomic mass is 10.0. The van der Waals surface area contributed by atoms with Gasteiger partial charge in [-0.3, -0.25) is 4.79 Å². The van der Waals surface area contributed by atoms with Crippen LogP contribution >= 0.6 is 7.60 Å². The number of aliphatic hydroxyl groups is 1. The Hall–Kier alpha value is -2.42. The number of carbonyl (C=O) groups is 1. The molecule has 1 N–H and O–H groups in total. The van der Waals surface area contributed by atoms with Crippen molar-refractivity contribution >= 4 is 21.9 Å². The largest absolute Gasteiger partial charge is 0.462 e. The van der Waals surface area contributed by atoms with Crippen LogP contribution in [0.5, 0.6) is 11.5 Å². The summed E-state index contributed by atoms with van der Waals surface area (Å²) in [5.74, 6) is 0.0438. The second-order valence-electron chi connectivity index (χ2n) is 12.3. The Morgan fingerprint density at radius 1 is 1.05 bits per heavy atom. The fourth-order valence-corrected chi connectivity index (χ4v) is 7.02. The average molecular weight is 619 g/mol. The zero-order valence-electron chi connectivity index (χ0n) is 25.7. The molecule has 0 amide bonds. The van der Waals surface area contributed by atoms with Crippen LogP contribution in [0.4, 0.5) is 0 Å². The summed E-state index contributed by atoms with van der Waals surface area (Å²) < 4.78 is 42.6. The lowest BCUT2D eigenvalue weighted by Gasteiger charge is -2.42. The quantitative estimate of drug-likeness (QED) is 0.0750. The van der Waals surface area contributed by atoms with E-state index >= 15 is 0 Å². The standard InChI is InChI=1S/C32H47O8PSi/c1-25(16-10-7-11-17-26-22-23-29(31(34)37-26)40-42(5,6)32(2,3)4)36-30(33)24-41(35,38-27-18-12-8-13-19-27)39-28-20-14-9-15-21-28/h8-9,11-15,17-21,25-26,29,31,34H,7,10,16,22-24H2,1-6H3/b17-11+/t25-,26-,29-,31?/m0/s1. The van der Waals surface area contributed by atoms with E-state index in [-0.39, 0.29) is 23.4 Å². The topological polar surface area (TPSA) is 101 Å². The number of para-hydroxylation sites is 2. The van der Waals surface area contributed by atoms with E-state index in [0.717, 1.165) is 25.7 Å². The van der Waals surface area contributed by atoms with Crippen LogP contribution in [0.3, 0.4) is 0 Å². The van der Waals surface area contributed by atoms with Crippen molar-refractivity contribution in [1.29, 1.82) is 0 Å². The molecule has 0 radical (unpaired) electrons. The molecule has 2 aromatic rings. The third-order valence-corrected chi connectivity index (χ3v) is 13.7. The summed E-state index contributed by atoms with van der Waals surface area (Å²) in [7, 11) is -5.87. The molecule has 10 heteroatoms. The van der Waals surface area contributed by atoms with Gasteiger partial charge in [-0.2, -0.15) is 0 Å². The molecule has 2 aromatic carbocycles. The van der Waals surface area contributed by atoms with Gasteiger partial charge in [-0.05, 0) is 81.4 Å². The summed E-state index contributed by atoms with van der Waals surface area (Å²) in [5.41, 5.74) is 0. The van der Waals surface area contributed by atoms with Gasteiger partial charge in [-0.25, -0.2) is 4.57 Å². The van der Waals surface area contributed by atoms with Crippen LogP contribution in [-0.4, -0.2) is 50.2 Å². The van der Waals surface area contributed by atoms with Gasteiger partial charge in [0.05, 0.1) is 18.3 Å². The molecule has 0 bridgehead atoms. The van der Waals surface area contributed by atoms with Gasteiger partial charge in [0.25, 0.3) is 0 Å². The number of ether oxygens (including phenoxy) is 2. The maximum absolute atomic E-state index is 13.6. The number of rotatable bonds is 14. The minimum Gasteiger partial charge on any atom is -0.462 e. The lowest BCUT2D eigenvalue weighted by molar-refractivity contribution is -0.199. The monoisotopic (exact) mass is 618 g/mol. The number of benzene rings is 2. The Kier molecular flexibility index (Phi) is 12.4. The van der Waals surface area contributed by atoms with E-state index in [2.05, 4.69) is 33.9 Å². The number of aliphatic hydroxyl groups excluding tert-OH is 1. The van der Waals surface area contributed by atoms with Crippen LogP contribution in [-0.2, 0) is 23.3 Å². The van der Waals surface area contributed by atoms with Gasteiger partial charge < -0.3 is 28.1 Å². The third kappa shape index (κ3) is 11.0. The zero-order chi connectivity index (χ0) is 30.8. The molecular weight excluding hydrogens is 571 g/mol. The van der Waals surface area contributed by atoms with E-state index in [9.17, 15) is 14.5 Å². The van der Waals surface area contributed by atoms with E-state index in [0.29, 0.717) is 17.9 Å². The van der Waals surface area contributed by atoms with Gasteiger partial charge in [0, 0.05) is 0 Å². The van der Waals surface area contributed by atoms with E-state index in [1.165, 1.54) is 0 Å². The SMILES string of the molecule is C[C@@H](CCC/C=C/[C@H]1CC[C@H](O[Si](C)(C)C(C)(C)C)C(O)O1)OC(=O)CP(=O)(Oc1ccccc1)Oc1ccccc1. The molecule has 8 nitrogen and oxygen atoms in total. The summed E-state index contributed by atoms with van der Waals surface area (Å²) in [6.45, 7) is 12.7. The summed E-state index contributed by atoms with van der Waals surface area (Å²) in [4.78, 5) is 12.7. The van der Waals surface area contributed by atoms with Crippen molar-refractivity contribution in [3.05, 3.63) is 72.8 Å². The van der Waals surface area contributed by atoms with Crippen molar-refractivity contribution in [3.8, 4) is 11.5 Å². The maximum atomic E-state index is 13.6. The second kappa shape index (κ2) is 15.3. The Labute approximate surface area is 252 Å². The molecule has 42 heavy (non-hydrogen) atoms. The fourth-order valence-electron chi connectivity index (χ4n) is 4.24. The number of unbranched alkanes of at least 4 members (excludes halogenated alkanes) is 1. The van der Waals surface area contributed by atoms with Crippen molar-refractivity contribution in [3.63, 3.8) is 0 Å². The first kappa shape index (κ1) is 34.1. The van der Waals surface area contributed by atoms with Crippen molar-refractivity contribution in [2.75, 3.05) is 6.16 Å². The molecule has 3 rings (SSSR count). The molecule has 0 aromatic heterocycles. The molecule has 0 spiro atoms. The molecule has 1 heterocycles. The maximum Gasteiger partial charge on any atom is 0.441 e. The highest BCUT2D eigenvalue weighted by atomic mass is 31.2. The fraction of sp³-hybridized carbons (Fsp3) is 0.531. The van der Waals surface area contributed by atoms with Crippen LogP contribution in [0.25, 0.3) is 0 Å². The van der Waals surface area contributed by atoms with Crippen molar-refractivity contribution in [2.45, 2.75) is 103 Å². The van der Waals surface area contributed by atoms with Crippen molar-refractivity contribution in [2.24, 2.45) is 0 Å². The van der Waals surface area contributed by atoms with E-state index in [1.54, 1.807) is 48.5 Å². The molecular formula is C32H47O8PSi. The second-order valence-corrected chi connectivity index (χ2v) is 19.0. The normalized spacial score (nSPS) is 20.7. The number of allylic oxidation sites excluding steroid dienone is 1. The molecule has 1 aliphatic heterocycles. The van der Waals surface area contributed by atoms with Crippen molar-refractivity contribution < 1.29 is 37.4 Å². The average Bonchev–Trinajstić information content (AvgIpc) is 2.90. The van der Waals surface area contributed by atoms with Gasteiger partial charge in [-0.15, -0.1) is 0 Å². The summed E-state index contributed by atoms with van der Waals surface area (Å²) in [6.07, 6.45) is 5.50. The molecule has 0 saturated carbocycles. The van der Waals surface area contributed by atoms with Crippen LogP contribution in [0.15, 0.2) is 72.8 Å². The van der Waals surface area contributed by atoms with Crippen LogP contribution in [0.1, 0.15) is 59.8 Å². The highest BCUT2D eigenvalue weighted by Crippen LogP contribution is 2.48. The van der Waals surface area contributed by atoms with Gasteiger partial charge in [-0.1, -0.05) is 69.3 Å². The minimum atomic E-state index is -3.88. The predicted octanol–water partition coefficient (Wildman–Crippen LogP) is 7.88. The number of carbonyl (C=O) groups excluding carboxylic acids is 1. The van der Waals surface area contributed by atoms with Gasteiger partial charge in [0.1, 0.15) is 11.5 Å². The molecule has 232 valence electrons. The third-order valence-electron chi connectivity index (χ3n) is 7.58. The highest BCUT2D eigenvalue weighted by Gasteiger charge is 2.42. The molecule has 1 saturated heterocycles. The predicted molar refractivity (Wildman–Crippen MR) is 167 cm³/mol. The zero-order valence-corrected chi connectivity index (χ0v) is 27.6. The molecule has 1 aliphatic rings. The minimum absolute atomic E-state index is 0.0699. The molecule has 1 unspecified atom stereocenters. The Bertz CT molecular complexity index is 1140. The van der Waals surface area contributed by atoms with Crippen LogP contribution < -0.4 is 9.05 Å². The Morgan fingerprint density at radius 3 is 2.14 bits per heavy atom. The molecule has 1 fully saturated rings. The van der Waals surface area contributed by atoms with E-state index < -0.39 is 34.3 Å². The number of esters is 1. The van der Waals surface area contributed by atoms with Gasteiger partial charge in [0.2, 0.25) is 0 Å². The highest BCUT2D eigenvalue weighted by molar-refractivity contribution is 7.55. The van der Waals surface area contributed by atoms with Crippen molar-refractivity contribution in [1.82, 2.24) is 0 Å². The summed E-state index contributed by atoms with van der Waals surface area (Å²) >= 11 is 0. The smallest absolute Gasteiger partial charge is 0.441 e. The Morgan fingerprint density at radius 2 is 1.62 bits per heavy atom. The Balaban J connectivity index is 1.42. The van der Waals surface area contributed by atoms with E-state index in [4.69, 9.17) is 22.9 Å². The lowest BCUT2D eigenvalue weighted by Crippen LogP contribution is -2.50. The number of hydrogen-bond acceptors (Lipinski definition) is 8. The van der Waals surface area contributed by atoms with Gasteiger partial charge >= 0.3 is 13.6 Å². The van der Waals surface area contributed by atoms with Crippen LogP contribution in [0.2, 0.25) is 18.1 Å². The summed E-state index contributed by atoms with van der Waals surface area (Å²) in [6, 6.07) is 17.3. The molecule has 4 atom stereocenters. The summed E-state index contributed by atoms with van der Waals surface area (Å²) in [5, 5.41) is 10.6. The van der Waals surface area contributed by atoms with Crippen LogP contribution in [0, 0.1) is 0 Å². The molecule has 0 aliphatic carbocycles. The first-order chi connectivity index (χ1) is 19.8. The van der Waals surface area contributed by atoms with E-state index in [1.807, 2.05) is 31.2 Å².